The molecule has 0 aromatic carbocycles. The average molecular weight is 234 g/mol. The smallest absolute Gasteiger partial charge is 0.334 e. The van der Waals surface area contributed by atoms with Gasteiger partial charge in [0.2, 0.25) is 0 Å². The Hall–Kier alpha value is -1.34. The number of carboxylic acids is 1. The standard InChI is InChI=1S/C9H18N2O5/c1-9(2,5-12)11(3)8(16)10-4-6(13)7(14)15/h6,12-13H,4-5H2,1-3H3,(H,10,16)(H,14,15)/t6-/m0/s1. The zero-order chi connectivity index (χ0) is 12.9. The number of carboxylic acid groups (broad SMARTS) is 1. The Morgan fingerprint density at radius 2 is 1.94 bits per heavy atom. The molecule has 7 nitrogen and oxygen atoms in total. The number of nitrogens with one attached hydrogen (secondary N) is 1. The summed E-state index contributed by atoms with van der Waals surface area (Å²) in [5, 5.41) is 28.6. The summed E-state index contributed by atoms with van der Waals surface area (Å²) < 4.78 is 0. The lowest BCUT2D eigenvalue weighted by Gasteiger charge is -2.33. The molecule has 0 aromatic rings. The van der Waals surface area contributed by atoms with Crippen LogP contribution in [-0.4, -0.2) is 64.1 Å². The van der Waals surface area contributed by atoms with Gasteiger partial charge in [0.15, 0.2) is 6.10 Å². The van der Waals surface area contributed by atoms with Gasteiger partial charge in [0.1, 0.15) is 0 Å². The van der Waals surface area contributed by atoms with Gasteiger partial charge in [0.25, 0.3) is 0 Å². The van der Waals surface area contributed by atoms with Gasteiger partial charge in [0, 0.05) is 7.05 Å². The Kier molecular flexibility index (Phi) is 5.19. The van der Waals surface area contributed by atoms with Gasteiger partial charge in [-0.1, -0.05) is 0 Å². The predicted octanol–water partition coefficient (Wildman–Crippen LogP) is -1.16. The monoisotopic (exact) mass is 234 g/mol. The highest BCUT2D eigenvalue weighted by Gasteiger charge is 2.27. The molecule has 0 bridgehead atoms. The van der Waals surface area contributed by atoms with Gasteiger partial charge in [-0.2, -0.15) is 0 Å². The summed E-state index contributed by atoms with van der Waals surface area (Å²) in [7, 11) is 1.47. The minimum atomic E-state index is -1.63. The van der Waals surface area contributed by atoms with Crippen LogP contribution in [0.25, 0.3) is 0 Å². The molecule has 0 radical (unpaired) electrons. The molecule has 1 atom stereocenters. The second kappa shape index (κ2) is 5.66. The molecule has 16 heavy (non-hydrogen) atoms. The van der Waals surface area contributed by atoms with E-state index in [2.05, 4.69) is 5.32 Å². The number of amides is 2. The van der Waals surface area contributed by atoms with Crippen LogP contribution in [0.3, 0.4) is 0 Å². The van der Waals surface area contributed by atoms with Gasteiger partial charge < -0.3 is 25.5 Å². The van der Waals surface area contributed by atoms with E-state index < -0.39 is 23.6 Å². The average Bonchev–Trinajstić information content (AvgIpc) is 2.23. The van der Waals surface area contributed by atoms with Crippen molar-refractivity contribution in [2.75, 3.05) is 20.2 Å². The number of carbonyl (C=O) groups is 2. The lowest BCUT2D eigenvalue weighted by Crippen LogP contribution is -2.53. The van der Waals surface area contributed by atoms with Gasteiger partial charge in [-0.05, 0) is 13.8 Å². The summed E-state index contributed by atoms with van der Waals surface area (Å²) in [6.07, 6.45) is -1.63. The summed E-state index contributed by atoms with van der Waals surface area (Å²) in [5.74, 6) is -1.40. The third-order valence-corrected chi connectivity index (χ3v) is 2.33. The van der Waals surface area contributed by atoms with E-state index in [-0.39, 0.29) is 13.2 Å². The number of hydrogen-bond donors (Lipinski definition) is 4. The van der Waals surface area contributed by atoms with Gasteiger partial charge >= 0.3 is 12.0 Å². The van der Waals surface area contributed by atoms with Crippen molar-refractivity contribution in [1.82, 2.24) is 10.2 Å². The van der Waals surface area contributed by atoms with Crippen LogP contribution >= 0.6 is 0 Å². The van der Waals surface area contributed by atoms with E-state index in [9.17, 15) is 9.59 Å². The van der Waals surface area contributed by atoms with E-state index in [1.807, 2.05) is 0 Å². The van der Waals surface area contributed by atoms with E-state index in [1.54, 1.807) is 13.8 Å². The molecule has 0 rings (SSSR count). The predicted molar refractivity (Wildman–Crippen MR) is 56.0 cm³/mol. The molecule has 94 valence electrons. The molecule has 0 spiro atoms. The first-order chi connectivity index (χ1) is 7.22. The summed E-state index contributed by atoms with van der Waals surface area (Å²) in [6.45, 7) is 2.71. The first-order valence-corrected chi connectivity index (χ1v) is 4.75. The van der Waals surface area contributed by atoms with E-state index in [0.717, 1.165) is 0 Å². The number of urea groups is 1. The first-order valence-electron chi connectivity index (χ1n) is 4.75. The number of nitrogens with zero attached hydrogens (tertiary/aromatic N) is 1. The second-order valence-electron chi connectivity index (χ2n) is 4.07. The number of hydrogen-bond acceptors (Lipinski definition) is 4. The summed E-state index contributed by atoms with van der Waals surface area (Å²) in [4.78, 5) is 23.0. The van der Waals surface area contributed by atoms with Crippen LogP contribution in [0.4, 0.5) is 4.79 Å². The third-order valence-electron chi connectivity index (χ3n) is 2.33. The fraction of sp³-hybridized carbons (Fsp3) is 0.778. The molecular formula is C9H18N2O5. The molecule has 4 N–H and O–H groups in total. The van der Waals surface area contributed by atoms with Crippen molar-refractivity contribution in [3.63, 3.8) is 0 Å². The van der Waals surface area contributed by atoms with E-state index in [1.165, 1.54) is 11.9 Å². The zero-order valence-corrected chi connectivity index (χ0v) is 9.60. The van der Waals surface area contributed by atoms with Crippen LogP contribution < -0.4 is 5.32 Å². The fourth-order valence-electron chi connectivity index (χ4n) is 0.771. The highest BCUT2D eigenvalue weighted by molar-refractivity contribution is 5.77. The minimum absolute atomic E-state index is 0.224. The maximum absolute atomic E-state index is 11.5. The van der Waals surface area contributed by atoms with Crippen LogP contribution in [0.2, 0.25) is 0 Å². The third kappa shape index (κ3) is 4.03. The Morgan fingerprint density at radius 1 is 1.44 bits per heavy atom. The minimum Gasteiger partial charge on any atom is -0.479 e. The second-order valence-corrected chi connectivity index (χ2v) is 4.07. The molecule has 2 amide bonds. The molecule has 0 saturated heterocycles. The normalized spacial score (nSPS) is 13.1. The van der Waals surface area contributed by atoms with Gasteiger partial charge in [-0.3, -0.25) is 0 Å². The van der Waals surface area contributed by atoms with Crippen LogP contribution in [0, 0.1) is 0 Å². The maximum Gasteiger partial charge on any atom is 0.334 e. The van der Waals surface area contributed by atoms with Crippen molar-refractivity contribution in [3.8, 4) is 0 Å². The molecule has 0 heterocycles. The Morgan fingerprint density at radius 3 is 2.31 bits per heavy atom. The quantitative estimate of drug-likeness (QED) is 0.480. The van der Waals surface area contributed by atoms with Crippen LogP contribution in [0.15, 0.2) is 0 Å². The largest absolute Gasteiger partial charge is 0.479 e. The summed E-state index contributed by atoms with van der Waals surface area (Å²) in [5.41, 5.74) is -0.752. The van der Waals surface area contributed by atoms with Gasteiger partial charge in [-0.15, -0.1) is 0 Å². The zero-order valence-electron chi connectivity index (χ0n) is 9.60. The van der Waals surface area contributed by atoms with Crippen molar-refractivity contribution in [3.05, 3.63) is 0 Å². The molecule has 0 fully saturated rings. The van der Waals surface area contributed by atoms with Crippen molar-refractivity contribution in [2.24, 2.45) is 0 Å². The van der Waals surface area contributed by atoms with Gasteiger partial charge in [0.05, 0.1) is 18.7 Å². The number of likely N-dealkylation sites (N-methyl/N-ethyl adjacent to an activating group) is 1. The summed E-state index contributed by atoms with van der Waals surface area (Å²) >= 11 is 0. The Bertz CT molecular complexity index is 267. The lowest BCUT2D eigenvalue weighted by atomic mass is 10.1. The maximum atomic E-state index is 11.5. The van der Waals surface area contributed by atoms with Crippen molar-refractivity contribution in [1.29, 1.82) is 0 Å². The SMILES string of the molecule is CN(C(=O)NC[C@H](O)C(=O)O)C(C)(C)CO. The molecule has 0 aliphatic rings. The van der Waals surface area contributed by atoms with E-state index >= 15 is 0 Å². The number of carbonyl (C=O) groups excluding carboxylic acids is 1. The van der Waals surface area contributed by atoms with Crippen LogP contribution in [0.5, 0.6) is 0 Å². The molecule has 0 saturated carbocycles. The highest BCUT2D eigenvalue weighted by atomic mass is 16.4. The molecule has 0 aliphatic heterocycles. The molecule has 7 heteroatoms. The topological polar surface area (TPSA) is 110 Å². The van der Waals surface area contributed by atoms with Gasteiger partial charge in [-0.25, -0.2) is 9.59 Å². The van der Waals surface area contributed by atoms with Crippen LogP contribution in [0.1, 0.15) is 13.8 Å². The number of rotatable bonds is 5. The van der Waals surface area contributed by atoms with Crippen molar-refractivity contribution >= 4 is 12.0 Å². The Balaban J connectivity index is 4.22. The molecular weight excluding hydrogens is 216 g/mol. The lowest BCUT2D eigenvalue weighted by molar-refractivity contribution is -0.146. The highest BCUT2D eigenvalue weighted by Crippen LogP contribution is 2.10. The first kappa shape index (κ1) is 14.7. The number of aliphatic hydroxyl groups excluding tert-OH is 2. The van der Waals surface area contributed by atoms with Crippen molar-refractivity contribution in [2.45, 2.75) is 25.5 Å². The van der Waals surface area contributed by atoms with Crippen LogP contribution in [-0.2, 0) is 4.79 Å². The number of aliphatic hydroxyl groups is 2. The molecule has 0 aromatic heterocycles. The van der Waals surface area contributed by atoms with E-state index in [0.29, 0.717) is 0 Å². The fourth-order valence-corrected chi connectivity index (χ4v) is 0.771. The van der Waals surface area contributed by atoms with Crippen molar-refractivity contribution < 1.29 is 24.9 Å². The van der Waals surface area contributed by atoms with E-state index in [4.69, 9.17) is 15.3 Å². The molecule has 0 unspecified atom stereocenters. The Labute approximate surface area is 93.7 Å². The molecule has 0 aliphatic carbocycles. The number of aliphatic carboxylic acids is 1. The summed E-state index contributed by atoms with van der Waals surface area (Å²) in [6, 6.07) is -0.556.